The predicted octanol–water partition coefficient (Wildman–Crippen LogP) is 5.54. The molecule has 1 saturated heterocycles. The summed E-state index contributed by atoms with van der Waals surface area (Å²) in [5.41, 5.74) is 0.979. The van der Waals surface area contributed by atoms with Crippen molar-refractivity contribution in [3.05, 3.63) is 39.8 Å². The fraction of sp³-hybridized carbons (Fsp3) is 0.565. The summed E-state index contributed by atoms with van der Waals surface area (Å²) in [5.74, 6) is 0.848. The average molecular weight is 418 g/mol. The summed E-state index contributed by atoms with van der Waals surface area (Å²) < 4.78 is 5.43. The molecule has 0 spiro atoms. The molecule has 0 amide bonds. The minimum atomic E-state index is -0.00127. The number of ether oxygens (including phenoxy) is 1. The number of carbonyl (C=O) groups is 1. The van der Waals surface area contributed by atoms with E-state index in [0.717, 1.165) is 38.9 Å². The van der Waals surface area contributed by atoms with Gasteiger partial charge in [0.25, 0.3) is 0 Å². The van der Waals surface area contributed by atoms with Gasteiger partial charge in [-0.2, -0.15) is 0 Å². The quantitative estimate of drug-likeness (QED) is 0.325. The largest absolute Gasteiger partial charge is 0.511 e. The third-order valence-electron chi connectivity index (χ3n) is 5.55. The summed E-state index contributed by atoms with van der Waals surface area (Å²) >= 11 is 1.69. The predicted molar refractivity (Wildman–Crippen MR) is 117 cm³/mol. The smallest absolute Gasteiger partial charge is 0.168 e. The van der Waals surface area contributed by atoms with Crippen molar-refractivity contribution >= 4 is 28.9 Å². The van der Waals surface area contributed by atoms with Crippen LogP contribution in [0.25, 0.3) is 6.08 Å². The number of carbonyl (C=O) groups excluding carboxylic acids is 1. The van der Waals surface area contributed by atoms with Crippen LogP contribution < -0.4 is 0 Å². The van der Waals surface area contributed by atoms with E-state index in [2.05, 4.69) is 23.4 Å². The number of aliphatic hydroxyl groups is 1. The number of oxime groups is 1. The standard InChI is InChI=1S/C23H31NO4S/c1-2-6-20(24-28-11-4-3-7-19-8-5-14-29-19)23-21(25)15-18(16-22(23)26)17-9-12-27-13-10-17/h3,5,7-8,14,17-18,25H,2,4,6,9-13,15-16H2,1H3. The van der Waals surface area contributed by atoms with Gasteiger partial charge >= 0.3 is 0 Å². The third-order valence-corrected chi connectivity index (χ3v) is 6.39. The maximum Gasteiger partial charge on any atom is 0.168 e. The van der Waals surface area contributed by atoms with Gasteiger partial charge < -0.3 is 14.7 Å². The van der Waals surface area contributed by atoms with E-state index < -0.39 is 0 Å². The molecular weight excluding hydrogens is 386 g/mol. The minimum Gasteiger partial charge on any atom is -0.511 e. The lowest BCUT2D eigenvalue weighted by molar-refractivity contribution is -0.117. The van der Waals surface area contributed by atoms with E-state index >= 15 is 0 Å². The highest BCUT2D eigenvalue weighted by atomic mass is 32.1. The van der Waals surface area contributed by atoms with Crippen molar-refractivity contribution in [2.75, 3.05) is 19.8 Å². The Bertz CT molecular complexity index is 745. The van der Waals surface area contributed by atoms with Gasteiger partial charge in [0, 0.05) is 37.4 Å². The number of hydrogen-bond donors (Lipinski definition) is 1. The highest BCUT2D eigenvalue weighted by Gasteiger charge is 2.35. The van der Waals surface area contributed by atoms with E-state index in [1.165, 1.54) is 4.88 Å². The molecule has 1 N–H and O–H groups in total. The molecule has 1 aromatic heterocycles. The Balaban J connectivity index is 1.59. The van der Waals surface area contributed by atoms with Gasteiger partial charge in [0.1, 0.15) is 12.4 Å². The van der Waals surface area contributed by atoms with Gasteiger partial charge in [-0.25, -0.2) is 0 Å². The molecule has 6 heteroatoms. The molecule has 5 nitrogen and oxygen atoms in total. The Kier molecular flexibility index (Phi) is 8.50. The molecule has 1 aliphatic heterocycles. The monoisotopic (exact) mass is 417 g/mol. The number of thiophene rings is 1. The number of hydrogen-bond acceptors (Lipinski definition) is 6. The van der Waals surface area contributed by atoms with E-state index in [0.29, 0.717) is 43.1 Å². The van der Waals surface area contributed by atoms with Crippen LogP contribution in [0.3, 0.4) is 0 Å². The zero-order valence-corrected chi connectivity index (χ0v) is 18.0. The Morgan fingerprint density at radius 1 is 1.34 bits per heavy atom. The summed E-state index contributed by atoms with van der Waals surface area (Å²) in [5, 5.41) is 16.9. The molecule has 1 aromatic rings. The number of ketones is 1. The third kappa shape index (κ3) is 6.28. The van der Waals surface area contributed by atoms with Crippen molar-refractivity contribution in [1.29, 1.82) is 0 Å². The van der Waals surface area contributed by atoms with Crippen molar-refractivity contribution in [3.8, 4) is 0 Å². The van der Waals surface area contributed by atoms with Crippen molar-refractivity contribution in [3.63, 3.8) is 0 Å². The summed E-state index contributed by atoms with van der Waals surface area (Å²) in [6.45, 7) is 3.99. The SMILES string of the molecule is CCCC(=NOCCC=Cc1cccs1)C1=C(O)CC(C2CCOCC2)CC1=O. The molecule has 1 unspecified atom stereocenters. The number of allylic oxidation sites excluding steroid dienone is 2. The highest BCUT2D eigenvalue weighted by molar-refractivity contribution is 7.10. The summed E-state index contributed by atoms with van der Waals surface area (Å²) in [6.07, 6.45) is 9.31. The van der Waals surface area contributed by atoms with Crippen LogP contribution in [0.15, 0.2) is 40.1 Å². The van der Waals surface area contributed by atoms with Crippen molar-refractivity contribution < 1.29 is 19.5 Å². The molecule has 1 atom stereocenters. The fourth-order valence-electron chi connectivity index (χ4n) is 4.05. The van der Waals surface area contributed by atoms with Gasteiger partial charge in [-0.1, -0.05) is 30.6 Å². The molecule has 0 bridgehead atoms. The van der Waals surface area contributed by atoms with Gasteiger partial charge in [-0.15, -0.1) is 11.3 Å². The molecule has 0 aromatic carbocycles. The first-order valence-electron chi connectivity index (χ1n) is 10.6. The molecule has 2 heterocycles. The Morgan fingerprint density at radius 3 is 2.86 bits per heavy atom. The van der Waals surface area contributed by atoms with Crippen LogP contribution in [0.2, 0.25) is 0 Å². The number of Topliss-reactive ketones (excluding diaryl/α,β-unsaturated/α-hetero) is 1. The maximum atomic E-state index is 12.8. The second-order valence-electron chi connectivity index (χ2n) is 7.69. The molecule has 29 heavy (non-hydrogen) atoms. The lowest BCUT2D eigenvalue weighted by Crippen LogP contribution is -2.31. The zero-order valence-electron chi connectivity index (χ0n) is 17.1. The van der Waals surface area contributed by atoms with Crippen LogP contribution in [0, 0.1) is 11.8 Å². The minimum absolute atomic E-state index is 0.00127. The second kappa shape index (κ2) is 11.3. The van der Waals surface area contributed by atoms with E-state index in [-0.39, 0.29) is 17.5 Å². The molecule has 1 aliphatic carbocycles. The topological polar surface area (TPSA) is 68.1 Å². The molecule has 3 rings (SSSR count). The molecule has 158 valence electrons. The first-order valence-corrected chi connectivity index (χ1v) is 11.5. The molecule has 0 saturated carbocycles. The van der Waals surface area contributed by atoms with Crippen LogP contribution in [0.1, 0.15) is 56.7 Å². The van der Waals surface area contributed by atoms with Gasteiger partial charge in [0.05, 0.1) is 11.3 Å². The van der Waals surface area contributed by atoms with Crippen LogP contribution in [-0.2, 0) is 14.4 Å². The van der Waals surface area contributed by atoms with Crippen LogP contribution in [0.4, 0.5) is 0 Å². The second-order valence-corrected chi connectivity index (χ2v) is 8.67. The molecule has 2 aliphatic rings. The Labute approximate surface area is 177 Å². The maximum absolute atomic E-state index is 12.8. The van der Waals surface area contributed by atoms with Gasteiger partial charge in [0.15, 0.2) is 5.78 Å². The van der Waals surface area contributed by atoms with E-state index in [4.69, 9.17) is 9.57 Å². The summed E-state index contributed by atoms with van der Waals surface area (Å²) in [6, 6.07) is 4.09. The lowest BCUT2D eigenvalue weighted by Gasteiger charge is -2.33. The summed E-state index contributed by atoms with van der Waals surface area (Å²) in [4.78, 5) is 19.5. The Hall–Kier alpha value is -1.92. The van der Waals surface area contributed by atoms with Gasteiger partial charge in [0.2, 0.25) is 0 Å². The van der Waals surface area contributed by atoms with E-state index in [1.807, 2.05) is 18.4 Å². The van der Waals surface area contributed by atoms with Gasteiger partial charge in [-0.3, -0.25) is 4.79 Å². The van der Waals surface area contributed by atoms with Crippen molar-refractivity contribution in [2.24, 2.45) is 17.0 Å². The zero-order chi connectivity index (χ0) is 20.5. The van der Waals surface area contributed by atoms with E-state index in [1.54, 1.807) is 11.3 Å². The highest BCUT2D eigenvalue weighted by Crippen LogP contribution is 2.36. The summed E-state index contributed by atoms with van der Waals surface area (Å²) in [7, 11) is 0. The number of rotatable bonds is 9. The average Bonchev–Trinajstić information content (AvgIpc) is 3.24. The van der Waals surface area contributed by atoms with Crippen LogP contribution >= 0.6 is 11.3 Å². The van der Waals surface area contributed by atoms with Crippen molar-refractivity contribution in [2.45, 2.75) is 51.9 Å². The number of aliphatic hydroxyl groups excluding tert-OH is 1. The molecule has 1 fully saturated rings. The first kappa shape index (κ1) is 21.8. The molecular formula is C23H31NO4S. The first-order chi connectivity index (χ1) is 14.2. The van der Waals surface area contributed by atoms with Gasteiger partial charge in [-0.05, 0) is 48.6 Å². The van der Waals surface area contributed by atoms with Crippen LogP contribution in [0.5, 0.6) is 0 Å². The molecule has 0 radical (unpaired) electrons. The Morgan fingerprint density at radius 2 is 2.17 bits per heavy atom. The van der Waals surface area contributed by atoms with Crippen LogP contribution in [-0.4, -0.2) is 36.4 Å². The fourth-order valence-corrected chi connectivity index (χ4v) is 4.70. The lowest BCUT2D eigenvalue weighted by atomic mass is 9.75. The normalized spacial score (nSPS) is 21.9. The number of nitrogens with zero attached hydrogens (tertiary/aromatic N) is 1. The van der Waals surface area contributed by atoms with E-state index in [9.17, 15) is 9.90 Å². The van der Waals surface area contributed by atoms with Crippen molar-refractivity contribution in [1.82, 2.24) is 0 Å².